The van der Waals surface area contributed by atoms with Gasteiger partial charge in [-0.2, -0.15) is 0 Å². The molecule has 9 nitrogen and oxygen atoms in total. The molecule has 2 aliphatic rings. The van der Waals surface area contributed by atoms with Crippen LogP contribution in [-0.2, 0) is 29.2 Å². The van der Waals surface area contributed by atoms with E-state index in [-0.39, 0.29) is 23.3 Å². The fraction of sp³-hybridized carbons (Fsp3) is 0.409. The van der Waals surface area contributed by atoms with Crippen molar-refractivity contribution in [3.05, 3.63) is 69.3 Å². The van der Waals surface area contributed by atoms with Crippen LogP contribution in [0.5, 0.6) is 5.75 Å². The summed E-state index contributed by atoms with van der Waals surface area (Å²) in [4.78, 5) is 27.5. The summed E-state index contributed by atoms with van der Waals surface area (Å²) in [5, 5.41) is 14.2. The first kappa shape index (κ1) is 21.2. The molecule has 31 heavy (non-hydrogen) atoms. The van der Waals surface area contributed by atoms with Gasteiger partial charge < -0.3 is 14.8 Å². The molecular weight excluding hydrogens is 400 g/mol. The molecule has 2 heterocycles. The number of hydrogen-bond acceptors (Lipinski definition) is 7. The second-order valence-electron chi connectivity index (χ2n) is 7.78. The molecule has 9 heteroatoms. The van der Waals surface area contributed by atoms with Crippen molar-refractivity contribution in [3.8, 4) is 5.75 Å². The number of nitro benzene ring substituents is 1. The summed E-state index contributed by atoms with van der Waals surface area (Å²) in [5.74, 6) is 0.707. The maximum atomic E-state index is 12.3. The lowest BCUT2D eigenvalue weighted by Crippen LogP contribution is -2.49. The summed E-state index contributed by atoms with van der Waals surface area (Å²) >= 11 is 0. The number of nitrogens with zero attached hydrogens (tertiary/aromatic N) is 3. The second kappa shape index (κ2) is 9.86. The average molecular weight is 426 g/mol. The van der Waals surface area contributed by atoms with Crippen molar-refractivity contribution >= 4 is 11.6 Å². The Kier molecular flexibility index (Phi) is 6.76. The molecule has 1 fully saturated rings. The van der Waals surface area contributed by atoms with Crippen molar-refractivity contribution < 1.29 is 19.2 Å². The lowest BCUT2D eigenvalue weighted by Gasteiger charge is -2.34. The number of carbonyl (C=O) groups is 1. The molecule has 2 aromatic rings. The first-order valence-electron chi connectivity index (χ1n) is 10.3. The van der Waals surface area contributed by atoms with Crippen molar-refractivity contribution in [1.82, 2.24) is 15.1 Å². The Morgan fingerprint density at radius 2 is 1.84 bits per heavy atom. The third kappa shape index (κ3) is 5.57. The van der Waals surface area contributed by atoms with E-state index in [1.165, 1.54) is 6.07 Å². The molecule has 0 radical (unpaired) electrons. The van der Waals surface area contributed by atoms with Crippen LogP contribution in [0, 0.1) is 10.1 Å². The van der Waals surface area contributed by atoms with E-state index >= 15 is 0 Å². The number of ether oxygens (including phenoxy) is 2. The third-order valence-corrected chi connectivity index (χ3v) is 5.54. The number of carbonyl (C=O) groups excluding carboxylic acids is 1. The van der Waals surface area contributed by atoms with E-state index in [0.717, 1.165) is 37.3 Å². The number of fused-ring (bicyclic) bond motifs is 1. The zero-order valence-corrected chi connectivity index (χ0v) is 17.3. The smallest absolute Gasteiger partial charge is 0.270 e. The van der Waals surface area contributed by atoms with Crippen molar-refractivity contribution in [2.75, 3.05) is 39.5 Å². The molecule has 0 atom stereocenters. The third-order valence-electron chi connectivity index (χ3n) is 5.54. The van der Waals surface area contributed by atoms with Crippen molar-refractivity contribution in [2.24, 2.45) is 0 Å². The van der Waals surface area contributed by atoms with Crippen LogP contribution in [0.15, 0.2) is 42.5 Å². The van der Waals surface area contributed by atoms with Crippen LogP contribution in [0.4, 0.5) is 5.69 Å². The fourth-order valence-corrected chi connectivity index (χ4v) is 3.91. The monoisotopic (exact) mass is 426 g/mol. The van der Waals surface area contributed by atoms with Gasteiger partial charge in [0, 0.05) is 62.5 Å². The highest BCUT2D eigenvalue weighted by molar-refractivity contribution is 5.78. The van der Waals surface area contributed by atoms with Crippen LogP contribution in [0.25, 0.3) is 0 Å². The SMILES string of the molecule is O=C(CN1CCN(Cc2cc([N+](=O)[O-])cc3c2OCOC3)CC1)NCc1ccccc1. The van der Waals surface area contributed by atoms with E-state index in [1.807, 2.05) is 30.3 Å². The summed E-state index contributed by atoms with van der Waals surface area (Å²) in [6.07, 6.45) is 0. The van der Waals surface area contributed by atoms with E-state index < -0.39 is 0 Å². The highest BCUT2D eigenvalue weighted by atomic mass is 16.7. The molecule has 0 aromatic heterocycles. The number of benzene rings is 2. The number of hydrogen-bond donors (Lipinski definition) is 1. The number of non-ortho nitro benzene ring substituents is 1. The Hall–Kier alpha value is -3.01. The summed E-state index contributed by atoms with van der Waals surface area (Å²) in [6.45, 7) is 5.02. The van der Waals surface area contributed by atoms with E-state index in [1.54, 1.807) is 6.07 Å². The van der Waals surface area contributed by atoms with Crippen LogP contribution in [0.3, 0.4) is 0 Å². The highest BCUT2D eigenvalue weighted by Crippen LogP contribution is 2.33. The zero-order chi connectivity index (χ0) is 21.6. The Bertz CT molecular complexity index is 929. The normalized spacial score (nSPS) is 16.9. The molecule has 0 spiro atoms. The minimum absolute atomic E-state index is 0.0125. The van der Waals surface area contributed by atoms with Crippen molar-refractivity contribution in [1.29, 1.82) is 0 Å². The molecule has 1 amide bonds. The van der Waals surface area contributed by atoms with E-state index in [2.05, 4.69) is 15.1 Å². The molecule has 0 saturated carbocycles. The largest absolute Gasteiger partial charge is 0.467 e. The molecule has 0 bridgehead atoms. The van der Waals surface area contributed by atoms with Gasteiger partial charge in [-0.15, -0.1) is 0 Å². The number of rotatable bonds is 7. The number of nitrogens with one attached hydrogen (secondary N) is 1. The maximum absolute atomic E-state index is 12.3. The van der Waals surface area contributed by atoms with Gasteiger partial charge >= 0.3 is 0 Å². The maximum Gasteiger partial charge on any atom is 0.270 e. The second-order valence-corrected chi connectivity index (χ2v) is 7.78. The quantitative estimate of drug-likeness (QED) is 0.533. The van der Waals surface area contributed by atoms with Gasteiger partial charge in [0.25, 0.3) is 5.69 Å². The predicted molar refractivity (Wildman–Crippen MR) is 113 cm³/mol. The number of amides is 1. The molecule has 2 aromatic carbocycles. The molecule has 4 rings (SSSR count). The lowest BCUT2D eigenvalue weighted by molar-refractivity contribution is -0.385. The van der Waals surface area contributed by atoms with Crippen LogP contribution in [0.1, 0.15) is 16.7 Å². The molecule has 2 aliphatic heterocycles. The molecule has 0 unspecified atom stereocenters. The minimum Gasteiger partial charge on any atom is -0.467 e. The van der Waals surface area contributed by atoms with Gasteiger partial charge in [0.15, 0.2) is 6.79 Å². The molecule has 0 aliphatic carbocycles. The first-order chi connectivity index (χ1) is 15.1. The topological polar surface area (TPSA) is 97.2 Å². The van der Waals surface area contributed by atoms with E-state index in [4.69, 9.17) is 9.47 Å². The van der Waals surface area contributed by atoms with Crippen LogP contribution >= 0.6 is 0 Å². The predicted octanol–water partition coefficient (Wildman–Crippen LogP) is 1.90. The highest BCUT2D eigenvalue weighted by Gasteiger charge is 2.24. The van der Waals surface area contributed by atoms with Crippen molar-refractivity contribution in [2.45, 2.75) is 19.7 Å². The molecule has 1 N–H and O–H groups in total. The summed E-state index contributed by atoms with van der Waals surface area (Å²) < 4.78 is 10.9. The standard InChI is InChI=1S/C22H26N4O5/c27-21(23-12-17-4-2-1-3-5-17)14-25-8-6-24(7-9-25)13-18-10-20(26(28)29)11-19-15-30-16-31-22(18)19/h1-5,10-11H,6-9,12-16H2,(H,23,27). The van der Waals surface area contributed by atoms with Gasteiger partial charge in [0.05, 0.1) is 18.1 Å². The Balaban J connectivity index is 1.29. The first-order valence-corrected chi connectivity index (χ1v) is 10.3. The number of nitro groups is 1. The van der Waals surface area contributed by atoms with Gasteiger partial charge in [0.1, 0.15) is 5.75 Å². The lowest BCUT2D eigenvalue weighted by atomic mass is 10.1. The van der Waals surface area contributed by atoms with Crippen LogP contribution in [0.2, 0.25) is 0 Å². The molecule has 1 saturated heterocycles. The average Bonchev–Trinajstić information content (AvgIpc) is 2.79. The van der Waals surface area contributed by atoms with Crippen LogP contribution in [-0.4, -0.2) is 60.1 Å². The van der Waals surface area contributed by atoms with Gasteiger partial charge in [0.2, 0.25) is 5.91 Å². The Labute approximate surface area is 180 Å². The van der Waals surface area contributed by atoms with Gasteiger partial charge in [-0.1, -0.05) is 30.3 Å². The van der Waals surface area contributed by atoms with E-state index in [9.17, 15) is 14.9 Å². The van der Waals surface area contributed by atoms with Crippen LogP contribution < -0.4 is 10.1 Å². The fourth-order valence-electron chi connectivity index (χ4n) is 3.91. The van der Waals surface area contributed by atoms with Gasteiger partial charge in [-0.3, -0.25) is 24.7 Å². The zero-order valence-electron chi connectivity index (χ0n) is 17.3. The summed E-state index contributed by atoms with van der Waals surface area (Å²) in [5.41, 5.74) is 2.65. The molecule has 164 valence electrons. The Morgan fingerprint density at radius 1 is 1.10 bits per heavy atom. The number of piperazine rings is 1. The summed E-state index contributed by atoms with van der Waals surface area (Å²) in [7, 11) is 0. The van der Waals surface area contributed by atoms with Crippen molar-refractivity contribution in [3.63, 3.8) is 0 Å². The minimum atomic E-state index is -0.385. The Morgan fingerprint density at radius 3 is 2.58 bits per heavy atom. The van der Waals surface area contributed by atoms with Gasteiger partial charge in [-0.25, -0.2) is 0 Å². The van der Waals surface area contributed by atoms with Gasteiger partial charge in [-0.05, 0) is 5.56 Å². The molecular formula is C22H26N4O5. The summed E-state index contributed by atoms with van der Waals surface area (Å²) in [6, 6.07) is 12.9. The van der Waals surface area contributed by atoms with E-state index in [0.29, 0.717) is 37.6 Å².